The van der Waals surface area contributed by atoms with Gasteiger partial charge in [0.1, 0.15) is 5.01 Å². The molecule has 0 bridgehead atoms. The van der Waals surface area contributed by atoms with Crippen molar-refractivity contribution in [3.63, 3.8) is 0 Å². The first kappa shape index (κ1) is 19.6. The van der Waals surface area contributed by atoms with Crippen molar-refractivity contribution in [2.75, 3.05) is 20.1 Å². The van der Waals surface area contributed by atoms with Crippen molar-refractivity contribution in [1.82, 2.24) is 15.2 Å². The van der Waals surface area contributed by atoms with Crippen LogP contribution in [0.4, 0.5) is 0 Å². The van der Waals surface area contributed by atoms with E-state index in [1.807, 2.05) is 13.1 Å². The van der Waals surface area contributed by atoms with Gasteiger partial charge in [0.15, 0.2) is 5.96 Å². The van der Waals surface area contributed by atoms with Crippen molar-refractivity contribution in [2.45, 2.75) is 39.2 Å². The Morgan fingerprint density at radius 2 is 2.04 bits per heavy atom. The van der Waals surface area contributed by atoms with Crippen LogP contribution in [-0.2, 0) is 6.54 Å². The lowest BCUT2D eigenvalue weighted by Gasteiger charge is -2.38. The van der Waals surface area contributed by atoms with Crippen LogP contribution < -0.4 is 5.32 Å². The van der Waals surface area contributed by atoms with Gasteiger partial charge in [-0.15, -0.1) is 35.3 Å². The van der Waals surface area contributed by atoms with Crippen LogP contribution in [0.25, 0.3) is 10.6 Å². The van der Waals surface area contributed by atoms with E-state index in [9.17, 15) is 0 Å². The second kappa shape index (κ2) is 8.25. The van der Waals surface area contributed by atoms with Crippen LogP contribution >= 0.6 is 35.3 Å². The third-order valence-electron chi connectivity index (χ3n) is 5.68. The monoisotopic (exact) mass is 482 g/mol. The molecule has 0 unspecified atom stereocenters. The van der Waals surface area contributed by atoms with E-state index in [4.69, 9.17) is 4.98 Å². The predicted molar refractivity (Wildman–Crippen MR) is 120 cm³/mol. The summed E-state index contributed by atoms with van der Waals surface area (Å²) in [4.78, 5) is 13.0. The van der Waals surface area contributed by atoms with Crippen LogP contribution in [0.2, 0.25) is 0 Å². The molecule has 140 valence electrons. The second-order valence-electron chi connectivity index (χ2n) is 7.32. The number of rotatable bonds is 3. The largest absolute Gasteiger partial charge is 0.351 e. The van der Waals surface area contributed by atoms with Crippen molar-refractivity contribution < 1.29 is 0 Å². The molecular formula is C20H27IN4S. The Bertz CT molecular complexity index is 767. The molecule has 4 nitrogen and oxygen atoms in total. The molecule has 1 saturated carbocycles. The lowest BCUT2D eigenvalue weighted by Crippen LogP contribution is -2.42. The Kier molecular flexibility index (Phi) is 6.22. The van der Waals surface area contributed by atoms with Crippen molar-refractivity contribution in [3.05, 3.63) is 40.9 Å². The van der Waals surface area contributed by atoms with Crippen molar-refractivity contribution in [2.24, 2.45) is 10.4 Å². The maximum absolute atomic E-state index is 4.75. The predicted octanol–water partition coefficient (Wildman–Crippen LogP) is 4.69. The highest BCUT2D eigenvalue weighted by Crippen LogP contribution is 2.47. The molecule has 2 aliphatic rings. The van der Waals surface area contributed by atoms with Gasteiger partial charge in [0.05, 0.1) is 12.2 Å². The molecule has 1 aliphatic heterocycles. The molecule has 1 spiro atoms. The molecule has 6 heteroatoms. The zero-order valence-electron chi connectivity index (χ0n) is 15.5. The highest BCUT2D eigenvalue weighted by Gasteiger charge is 2.43. The molecular weight excluding hydrogens is 455 g/mol. The summed E-state index contributed by atoms with van der Waals surface area (Å²) < 4.78 is 0. The van der Waals surface area contributed by atoms with E-state index >= 15 is 0 Å². The van der Waals surface area contributed by atoms with Gasteiger partial charge in [-0.1, -0.05) is 36.8 Å². The van der Waals surface area contributed by atoms with Crippen LogP contribution in [0, 0.1) is 12.3 Å². The maximum Gasteiger partial charge on any atom is 0.193 e. The van der Waals surface area contributed by atoms with Gasteiger partial charge in [-0.3, -0.25) is 4.99 Å². The minimum atomic E-state index is 0. The summed E-state index contributed by atoms with van der Waals surface area (Å²) in [5.74, 6) is 1.04. The molecule has 0 atom stereocenters. The summed E-state index contributed by atoms with van der Waals surface area (Å²) in [5.41, 5.74) is 2.90. The third-order valence-corrected chi connectivity index (χ3v) is 6.89. The van der Waals surface area contributed by atoms with Gasteiger partial charge in [0.25, 0.3) is 0 Å². The summed E-state index contributed by atoms with van der Waals surface area (Å²) in [6.45, 7) is 5.20. The van der Waals surface area contributed by atoms with Gasteiger partial charge in [0.2, 0.25) is 0 Å². The van der Waals surface area contributed by atoms with Gasteiger partial charge in [-0.2, -0.15) is 0 Å². The molecule has 4 rings (SSSR count). The quantitative estimate of drug-likeness (QED) is 0.392. The summed E-state index contributed by atoms with van der Waals surface area (Å²) in [5, 5.41) is 4.66. The number of likely N-dealkylation sites (tertiary alicyclic amines) is 1. The summed E-state index contributed by atoms with van der Waals surface area (Å²) in [6, 6.07) is 10.4. The minimum absolute atomic E-state index is 0. The van der Waals surface area contributed by atoms with Crippen LogP contribution in [-0.4, -0.2) is 36.0 Å². The Hall–Kier alpha value is -1.15. The Labute approximate surface area is 177 Å². The van der Waals surface area contributed by atoms with Crippen LogP contribution in [0.15, 0.2) is 35.3 Å². The van der Waals surface area contributed by atoms with E-state index in [1.54, 1.807) is 11.3 Å². The summed E-state index contributed by atoms with van der Waals surface area (Å²) in [7, 11) is 1.89. The Morgan fingerprint density at radius 1 is 1.27 bits per heavy atom. The van der Waals surface area contributed by atoms with Crippen LogP contribution in [0.3, 0.4) is 0 Å². The molecule has 1 saturated heterocycles. The topological polar surface area (TPSA) is 40.5 Å². The van der Waals surface area contributed by atoms with Gasteiger partial charge in [-0.25, -0.2) is 4.98 Å². The average Bonchev–Trinajstić information content (AvgIpc) is 3.21. The van der Waals surface area contributed by atoms with Gasteiger partial charge < -0.3 is 10.2 Å². The number of benzene rings is 1. The number of aryl methyl sites for hydroxylation is 1. The molecule has 0 amide bonds. The minimum Gasteiger partial charge on any atom is -0.351 e. The lowest BCUT2D eigenvalue weighted by molar-refractivity contribution is 0.151. The first-order chi connectivity index (χ1) is 12.2. The Morgan fingerprint density at radius 3 is 2.65 bits per heavy atom. The number of nitrogens with zero attached hydrogens (tertiary/aromatic N) is 3. The first-order valence-corrected chi connectivity index (χ1v) is 9.98. The highest BCUT2D eigenvalue weighted by molar-refractivity contribution is 14.0. The smallest absolute Gasteiger partial charge is 0.193 e. The van der Waals surface area contributed by atoms with E-state index in [2.05, 4.69) is 46.4 Å². The van der Waals surface area contributed by atoms with E-state index < -0.39 is 0 Å². The number of nitrogens with one attached hydrogen (secondary N) is 1. The fraction of sp³-hybridized carbons (Fsp3) is 0.500. The highest BCUT2D eigenvalue weighted by atomic mass is 127. The average molecular weight is 482 g/mol. The number of aliphatic imine (C=N–C) groups is 1. The molecule has 2 fully saturated rings. The Balaban J connectivity index is 0.00000196. The fourth-order valence-electron chi connectivity index (χ4n) is 3.99. The summed E-state index contributed by atoms with van der Waals surface area (Å²) >= 11 is 1.78. The van der Waals surface area contributed by atoms with Crippen LogP contribution in [0.5, 0.6) is 0 Å². The van der Waals surface area contributed by atoms with E-state index in [1.165, 1.54) is 42.7 Å². The second-order valence-corrected chi connectivity index (χ2v) is 8.40. The summed E-state index contributed by atoms with van der Waals surface area (Å²) in [6.07, 6.45) is 5.53. The zero-order chi connectivity index (χ0) is 17.3. The van der Waals surface area contributed by atoms with Gasteiger partial charge in [-0.05, 0) is 31.6 Å². The molecule has 1 N–H and O–H groups in total. The van der Waals surface area contributed by atoms with E-state index in [0.717, 1.165) is 29.8 Å². The third kappa shape index (κ3) is 3.91. The van der Waals surface area contributed by atoms with Crippen LogP contribution in [0.1, 0.15) is 36.3 Å². The maximum atomic E-state index is 4.75. The lowest BCUT2D eigenvalue weighted by atomic mass is 9.68. The SMILES string of the molecule is CN=C(NCc1sc(-c2ccccc2)nc1C)N1CCC2(CCC2)C1.I. The normalized spacial score (nSPS) is 18.5. The molecule has 1 aromatic heterocycles. The van der Waals surface area contributed by atoms with Crippen molar-refractivity contribution in [3.8, 4) is 10.6 Å². The number of aromatic nitrogens is 1. The molecule has 26 heavy (non-hydrogen) atoms. The number of thiazole rings is 1. The molecule has 2 heterocycles. The van der Waals surface area contributed by atoms with Crippen molar-refractivity contribution >= 4 is 41.3 Å². The van der Waals surface area contributed by atoms with E-state index in [-0.39, 0.29) is 24.0 Å². The van der Waals surface area contributed by atoms with Gasteiger partial charge >= 0.3 is 0 Å². The fourth-order valence-corrected chi connectivity index (χ4v) is 5.00. The van der Waals surface area contributed by atoms with Gasteiger partial charge in [0, 0.05) is 30.6 Å². The van der Waals surface area contributed by atoms with Crippen molar-refractivity contribution in [1.29, 1.82) is 0 Å². The first-order valence-electron chi connectivity index (χ1n) is 9.16. The molecule has 1 aliphatic carbocycles. The zero-order valence-corrected chi connectivity index (χ0v) is 18.6. The van der Waals surface area contributed by atoms with E-state index in [0.29, 0.717) is 5.41 Å². The number of guanidine groups is 1. The molecule has 0 radical (unpaired) electrons. The number of hydrogen-bond acceptors (Lipinski definition) is 3. The number of halogens is 1. The number of hydrogen-bond donors (Lipinski definition) is 1. The molecule has 2 aromatic rings. The molecule has 1 aromatic carbocycles. The standard InChI is InChI=1S/C20H26N4S.HI/c1-15-17(25-18(23-15)16-7-4-3-5-8-16)13-22-19(21-2)24-12-11-20(14-24)9-6-10-20;/h3-5,7-8H,6,9-14H2,1-2H3,(H,21,22);1H.